The number of aromatic nitrogens is 4. The third-order valence-corrected chi connectivity index (χ3v) is 13.1. The standard InChI is InChI=1S/C56H56N4O.Pt/c1-52(2,3)35-26-40-41-27-36(53(4,5)6)29-45(55(10,11)12)50(41)56(49(40)44(28-35)54(7,8)9)42-25-24-39(31-48(42)59-33-58(13)47-23-17-21-43(56)51(47)59)61-38-20-16-19-37(30-38)60-32-34-18-14-15-22-46(34)57-60;/h14-29,32H,1-13H3;/q-2;. The molecular formula is C56H56N4OPt-2. The first-order chi connectivity index (χ1) is 28.7. The molecule has 0 N–H and O–H groups in total. The maximum Gasteiger partial charge on any atom is 0.242 e. The van der Waals surface area contributed by atoms with Gasteiger partial charge in [0.1, 0.15) is 0 Å². The molecule has 62 heavy (non-hydrogen) atoms. The van der Waals surface area contributed by atoms with E-state index < -0.39 is 5.41 Å². The van der Waals surface area contributed by atoms with Crippen molar-refractivity contribution in [2.45, 2.75) is 110 Å². The van der Waals surface area contributed by atoms with Gasteiger partial charge in [-0.15, -0.1) is 35.9 Å². The van der Waals surface area contributed by atoms with Gasteiger partial charge in [-0.1, -0.05) is 149 Å². The second-order valence-corrected chi connectivity index (χ2v) is 21.5. The van der Waals surface area contributed by atoms with E-state index in [0.29, 0.717) is 11.5 Å². The normalized spacial score (nSPS) is 14.2. The van der Waals surface area contributed by atoms with Crippen LogP contribution in [0.15, 0.2) is 103 Å². The zero-order valence-electron chi connectivity index (χ0n) is 38.3. The Morgan fingerprint density at radius 2 is 1.21 bits per heavy atom. The van der Waals surface area contributed by atoms with E-state index in [1.54, 1.807) is 0 Å². The number of hydrogen-bond donors (Lipinski definition) is 0. The molecule has 0 saturated heterocycles. The van der Waals surface area contributed by atoms with E-state index in [9.17, 15) is 0 Å². The van der Waals surface area contributed by atoms with Gasteiger partial charge in [0.25, 0.3) is 0 Å². The van der Waals surface area contributed by atoms with Crippen molar-refractivity contribution in [3.8, 4) is 34.0 Å². The molecule has 318 valence electrons. The maximum absolute atomic E-state index is 6.74. The molecule has 1 spiro atoms. The van der Waals surface area contributed by atoms with Crippen LogP contribution in [0.4, 0.5) is 0 Å². The molecule has 3 heterocycles. The van der Waals surface area contributed by atoms with Crippen LogP contribution < -0.4 is 9.30 Å². The Hall–Kier alpha value is -5.25. The average molecular weight is 996 g/mol. The Labute approximate surface area is 382 Å². The molecular weight excluding hydrogens is 940 g/mol. The Bertz CT molecular complexity index is 3000. The third-order valence-electron chi connectivity index (χ3n) is 13.1. The van der Waals surface area contributed by atoms with Crippen LogP contribution in [0.25, 0.3) is 44.4 Å². The number of hydrogen-bond acceptors (Lipinski definition) is 2. The van der Waals surface area contributed by atoms with E-state index in [-0.39, 0.29) is 42.7 Å². The van der Waals surface area contributed by atoms with E-state index in [1.165, 1.54) is 55.6 Å². The van der Waals surface area contributed by atoms with Crippen LogP contribution in [0, 0.1) is 18.5 Å². The fourth-order valence-electron chi connectivity index (χ4n) is 9.97. The summed E-state index contributed by atoms with van der Waals surface area (Å²) in [4.78, 5) is 0. The molecule has 1 aliphatic carbocycles. The van der Waals surface area contributed by atoms with Gasteiger partial charge in [0.05, 0.1) is 23.6 Å². The van der Waals surface area contributed by atoms with Crippen molar-refractivity contribution >= 4 is 21.9 Å². The molecule has 2 aromatic heterocycles. The van der Waals surface area contributed by atoms with Gasteiger partial charge in [-0.25, -0.2) is 0 Å². The first-order valence-corrected chi connectivity index (χ1v) is 21.7. The number of ether oxygens (including phenoxy) is 1. The number of imidazole rings is 1. The van der Waals surface area contributed by atoms with E-state index in [4.69, 9.17) is 9.84 Å². The third kappa shape index (κ3) is 6.28. The summed E-state index contributed by atoms with van der Waals surface area (Å²) in [7, 11) is 2.10. The van der Waals surface area contributed by atoms with E-state index >= 15 is 0 Å². The van der Waals surface area contributed by atoms with Gasteiger partial charge in [-0.2, -0.15) is 17.2 Å². The molecule has 2 aliphatic rings. The van der Waals surface area contributed by atoms with Crippen LogP contribution in [0.1, 0.15) is 128 Å². The van der Waals surface area contributed by atoms with Crippen molar-refractivity contribution in [3.63, 3.8) is 0 Å². The van der Waals surface area contributed by atoms with Gasteiger partial charge in [0, 0.05) is 49.6 Å². The molecule has 0 atom stereocenters. The van der Waals surface area contributed by atoms with E-state index in [1.807, 2.05) is 47.3 Å². The van der Waals surface area contributed by atoms with Crippen molar-refractivity contribution in [2.24, 2.45) is 7.05 Å². The van der Waals surface area contributed by atoms with E-state index in [2.05, 4.69) is 178 Å². The van der Waals surface area contributed by atoms with E-state index in [0.717, 1.165) is 33.3 Å². The van der Waals surface area contributed by atoms with Crippen molar-refractivity contribution in [1.29, 1.82) is 0 Å². The Kier molecular flexibility index (Phi) is 9.41. The number of benzene rings is 6. The predicted octanol–water partition coefficient (Wildman–Crippen LogP) is 12.9. The van der Waals surface area contributed by atoms with Crippen molar-refractivity contribution in [1.82, 2.24) is 14.3 Å². The number of nitrogens with zero attached hydrogens (tertiary/aromatic N) is 4. The zero-order valence-corrected chi connectivity index (χ0v) is 40.6. The van der Waals surface area contributed by atoms with Crippen LogP contribution in [0.5, 0.6) is 11.5 Å². The summed E-state index contributed by atoms with van der Waals surface area (Å²) in [5.74, 6) is 1.21. The molecule has 0 unspecified atom stereocenters. The minimum Gasteiger partial charge on any atom is -0.510 e. The topological polar surface area (TPSA) is 35.9 Å². The van der Waals surface area contributed by atoms with Gasteiger partial charge in [-0.05, 0) is 83.5 Å². The molecule has 6 heteroatoms. The Morgan fingerprint density at radius 1 is 0.613 bits per heavy atom. The fraction of sp³-hybridized carbons (Fsp3) is 0.321. The minimum atomic E-state index is -0.671. The quantitative estimate of drug-likeness (QED) is 0.131. The van der Waals surface area contributed by atoms with Gasteiger partial charge in [0.2, 0.25) is 6.33 Å². The Balaban J connectivity index is 0.00000490. The number of aryl methyl sites for hydroxylation is 1. The fourth-order valence-corrected chi connectivity index (χ4v) is 9.97. The molecule has 5 nitrogen and oxygen atoms in total. The van der Waals surface area contributed by atoms with Crippen molar-refractivity contribution in [2.75, 3.05) is 0 Å². The van der Waals surface area contributed by atoms with Crippen molar-refractivity contribution in [3.05, 3.63) is 166 Å². The van der Waals surface area contributed by atoms with Crippen LogP contribution in [0.2, 0.25) is 0 Å². The number of fused-ring (bicyclic) bond motifs is 10. The monoisotopic (exact) mass is 995 g/mol. The van der Waals surface area contributed by atoms with Crippen molar-refractivity contribution < 1.29 is 30.4 Å². The largest absolute Gasteiger partial charge is 0.510 e. The van der Waals surface area contributed by atoms with Crippen LogP contribution in [0.3, 0.4) is 0 Å². The van der Waals surface area contributed by atoms with Gasteiger partial charge in [-0.3, -0.25) is 4.68 Å². The average Bonchev–Trinajstić information content (AvgIpc) is 3.86. The maximum atomic E-state index is 6.74. The first-order valence-electron chi connectivity index (χ1n) is 21.7. The summed E-state index contributed by atoms with van der Waals surface area (Å²) < 4.78 is 13.0. The summed E-state index contributed by atoms with van der Waals surface area (Å²) >= 11 is 0. The first kappa shape index (κ1) is 42.1. The molecule has 10 rings (SSSR count). The van der Waals surface area contributed by atoms with Crippen LogP contribution in [-0.4, -0.2) is 14.3 Å². The van der Waals surface area contributed by atoms with Gasteiger partial charge < -0.3 is 13.9 Å². The minimum absolute atomic E-state index is 0. The SMILES string of the molecule is C[n+]1[c-]n2c3c(cccc31)C1(c3ccc(Oc4[c-]c(-n5cc6ccccc6n5)ccc4)[c-]c3-2)c2c(cc(C(C)(C)C)cc2C(C)(C)C)-c2cc(C(C)(C)C)cc(C(C)(C)C)c21.[Pt]. The summed E-state index contributed by atoms with van der Waals surface area (Å²) in [6.45, 7) is 28.4. The Morgan fingerprint density at radius 3 is 1.81 bits per heavy atom. The second-order valence-electron chi connectivity index (χ2n) is 21.5. The molecule has 0 fully saturated rings. The summed E-state index contributed by atoms with van der Waals surface area (Å²) in [6, 6.07) is 42.8. The zero-order chi connectivity index (χ0) is 43.2. The second kappa shape index (κ2) is 13.9. The summed E-state index contributed by atoms with van der Waals surface area (Å²) in [6.07, 6.45) is 5.75. The van der Waals surface area contributed by atoms with Gasteiger partial charge in [0.15, 0.2) is 0 Å². The number of para-hydroxylation sites is 1. The molecule has 0 radical (unpaired) electrons. The van der Waals surface area contributed by atoms with Crippen LogP contribution in [-0.2, 0) is 55.2 Å². The van der Waals surface area contributed by atoms with Gasteiger partial charge >= 0.3 is 0 Å². The molecule has 8 aromatic rings. The smallest absolute Gasteiger partial charge is 0.242 e. The summed E-state index contributed by atoms with van der Waals surface area (Å²) in [5.41, 5.74) is 17.1. The molecule has 1 aliphatic heterocycles. The molecule has 0 amide bonds. The molecule has 0 saturated carbocycles. The van der Waals surface area contributed by atoms with Crippen LogP contribution >= 0.6 is 0 Å². The molecule has 6 aromatic carbocycles. The number of rotatable bonds is 3. The summed E-state index contributed by atoms with van der Waals surface area (Å²) in [5, 5.41) is 5.88. The predicted molar refractivity (Wildman–Crippen MR) is 248 cm³/mol. The molecule has 0 bridgehead atoms.